The van der Waals surface area contributed by atoms with Gasteiger partial charge in [-0.15, -0.1) is 0 Å². The van der Waals surface area contributed by atoms with Crippen molar-refractivity contribution in [2.75, 3.05) is 5.75 Å². The van der Waals surface area contributed by atoms with Gasteiger partial charge in [-0.05, 0) is 13.8 Å². The zero-order valence-corrected chi connectivity index (χ0v) is 5.94. The van der Waals surface area contributed by atoms with Crippen molar-refractivity contribution in [2.24, 2.45) is 5.73 Å². The van der Waals surface area contributed by atoms with Crippen molar-refractivity contribution in [3.8, 4) is 0 Å². The van der Waals surface area contributed by atoms with Gasteiger partial charge in [0.1, 0.15) is 10.7 Å². The van der Waals surface area contributed by atoms with Crippen LogP contribution in [0.4, 0.5) is 0 Å². The maximum atomic E-state index is 9.97. The minimum absolute atomic E-state index is 0.0579. The van der Waals surface area contributed by atoms with Crippen molar-refractivity contribution < 1.29 is 8.42 Å². The summed E-state index contributed by atoms with van der Waals surface area (Å²) in [5.41, 5.74) is 4.78. The summed E-state index contributed by atoms with van der Waals surface area (Å²) in [7, 11) is -2.31. The maximum absolute atomic E-state index is 9.97. The summed E-state index contributed by atoms with van der Waals surface area (Å²) in [5.74, 6) is 0.0579. The molecule has 0 saturated carbocycles. The Morgan fingerprint density at radius 1 is 1.50 bits per heavy atom. The van der Waals surface area contributed by atoms with Gasteiger partial charge in [0.25, 0.3) is 0 Å². The Bertz CT molecular complexity index is 125. The van der Waals surface area contributed by atoms with Crippen molar-refractivity contribution >= 4 is 10.7 Å². The molecule has 0 spiro atoms. The van der Waals surface area contributed by atoms with Gasteiger partial charge in [-0.25, -0.2) is 8.42 Å². The number of thiol groups is 1. The summed E-state index contributed by atoms with van der Waals surface area (Å²) in [4.78, 5) is 0. The Balaban J connectivity index is 3.73. The predicted octanol–water partition coefficient (Wildman–Crippen LogP) is -0.665. The van der Waals surface area contributed by atoms with Gasteiger partial charge in [-0.2, -0.15) is 0 Å². The van der Waals surface area contributed by atoms with Gasteiger partial charge in [0, 0.05) is 5.54 Å². The van der Waals surface area contributed by atoms with Crippen LogP contribution in [0.25, 0.3) is 0 Å². The third-order valence-electron chi connectivity index (χ3n) is 0.537. The van der Waals surface area contributed by atoms with Crippen LogP contribution in [0.15, 0.2) is 0 Å². The van der Waals surface area contributed by atoms with Crippen molar-refractivity contribution in [3.63, 3.8) is 0 Å². The minimum Gasteiger partial charge on any atom is -0.325 e. The first-order chi connectivity index (χ1) is 3.42. The summed E-state index contributed by atoms with van der Waals surface area (Å²) >= 11 is 0. The highest BCUT2D eigenvalue weighted by molar-refractivity contribution is 7.72. The van der Waals surface area contributed by atoms with E-state index in [1.807, 2.05) is 0 Å². The molecule has 0 bridgehead atoms. The Morgan fingerprint density at radius 2 is 1.88 bits per heavy atom. The van der Waals surface area contributed by atoms with Crippen LogP contribution in [0.3, 0.4) is 0 Å². The van der Waals surface area contributed by atoms with Gasteiger partial charge >= 0.3 is 0 Å². The van der Waals surface area contributed by atoms with E-state index in [2.05, 4.69) is 0 Å². The summed E-state index contributed by atoms with van der Waals surface area (Å²) in [5, 5.41) is 0. The largest absolute Gasteiger partial charge is 0.325 e. The molecular weight excluding hydrogens is 126 g/mol. The second-order valence-corrected chi connectivity index (χ2v) is 3.46. The van der Waals surface area contributed by atoms with E-state index < -0.39 is 16.2 Å². The van der Waals surface area contributed by atoms with E-state index >= 15 is 0 Å². The van der Waals surface area contributed by atoms with Crippen LogP contribution >= 0.6 is 0 Å². The second-order valence-electron chi connectivity index (χ2n) is 2.48. The normalized spacial score (nSPS) is 12.5. The average Bonchev–Trinajstić information content (AvgIpc) is 1.21. The second kappa shape index (κ2) is 2.46. The average molecular weight is 137 g/mol. The number of hydrogen-bond acceptors (Lipinski definition) is 3. The lowest BCUT2D eigenvalue weighted by atomic mass is 10.1. The first-order valence-electron chi connectivity index (χ1n) is 2.32. The van der Waals surface area contributed by atoms with Gasteiger partial charge in [0.15, 0.2) is 0 Å². The SMILES string of the molecule is CC(C)(N)C[SH](=O)=O. The van der Waals surface area contributed by atoms with Crippen LogP contribution in [0.5, 0.6) is 0 Å². The van der Waals surface area contributed by atoms with Crippen LogP contribution in [0, 0.1) is 0 Å². The topological polar surface area (TPSA) is 60.2 Å². The highest BCUT2D eigenvalue weighted by atomic mass is 32.2. The summed E-state index contributed by atoms with van der Waals surface area (Å²) in [6.07, 6.45) is 0. The van der Waals surface area contributed by atoms with Crippen LogP contribution in [-0.4, -0.2) is 19.7 Å². The molecule has 2 N–H and O–H groups in total. The molecule has 0 aliphatic carbocycles. The Morgan fingerprint density at radius 3 is 1.88 bits per heavy atom. The number of hydrogen-bond donors (Lipinski definition) is 2. The number of rotatable bonds is 2. The smallest absolute Gasteiger partial charge is 0.141 e. The van der Waals surface area contributed by atoms with Gasteiger partial charge in [0.05, 0.1) is 5.75 Å². The summed E-state index contributed by atoms with van der Waals surface area (Å²) in [6.45, 7) is 3.36. The van der Waals surface area contributed by atoms with E-state index in [1.165, 1.54) is 0 Å². The molecule has 0 aliphatic heterocycles. The van der Waals surface area contributed by atoms with E-state index in [4.69, 9.17) is 5.73 Å². The third-order valence-corrected chi connectivity index (χ3v) is 1.61. The minimum atomic E-state index is -2.31. The molecule has 0 rings (SSSR count). The molecule has 0 aromatic rings. The highest BCUT2D eigenvalue weighted by Crippen LogP contribution is 1.94. The van der Waals surface area contributed by atoms with Crippen LogP contribution < -0.4 is 5.73 Å². The molecular formula is C4H11NO2S. The third kappa shape index (κ3) is 5.91. The van der Waals surface area contributed by atoms with Gasteiger partial charge in [-0.1, -0.05) is 0 Å². The van der Waals surface area contributed by atoms with Crippen molar-refractivity contribution in [1.29, 1.82) is 0 Å². The zero-order chi connectivity index (χ0) is 6.78. The maximum Gasteiger partial charge on any atom is 0.141 e. The standard InChI is InChI=1S/C4H11NO2S/c1-4(2,5)3-8(6)7/h8H,3,5H2,1-2H3. The predicted molar refractivity (Wildman–Crippen MR) is 33.4 cm³/mol. The van der Waals surface area contributed by atoms with Crippen molar-refractivity contribution in [3.05, 3.63) is 0 Å². The fourth-order valence-electron chi connectivity index (χ4n) is 0.333. The number of nitrogens with two attached hydrogens (primary N) is 1. The van der Waals surface area contributed by atoms with Crippen LogP contribution in [-0.2, 0) is 10.7 Å². The summed E-state index contributed by atoms with van der Waals surface area (Å²) < 4.78 is 19.9. The Labute approximate surface area is 50.8 Å². The highest BCUT2D eigenvalue weighted by Gasteiger charge is 2.10. The Hall–Kier alpha value is -0.0900. The lowest BCUT2D eigenvalue weighted by molar-refractivity contribution is 0.557. The first-order valence-corrected chi connectivity index (χ1v) is 3.69. The van der Waals surface area contributed by atoms with E-state index in [9.17, 15) is 8.42 Å². The molecule has 0 aromatic heterocycles. The fraction of sp³-hybridized carbons (Fsp3) is 1.00. The monoisotopic (exact) mass is 137 g/mol. The molecule has 3 nitrogen and oxygen atoms in total. The van der Waals surface area contributed by atoms with E-state index in [0.29, 0.717) is 0 Å². The quantitative estimate of drug-likeness (QED) is 0.496. The lowest BCUT2D eigenvalue weighted by Gasteiger charge is -2.12. The molecule has 0 amide bonds. The molecule has 50 valence electrons. The van der Waals surface area contributed by atoms with Gasteiger partial charge < -0.3 is 5.73 Å². The molecule has 0 unspecified atom stereocenters. The molecule has 0 heterocycles. The molecule has 0 radical (unpaired) electrons. The molecule has 8 heavy (non-hydrogen) atoms. The molecule has 0 saturated heterocycles. The molecule has 0 aliphatic rings. The van der Waals surface area contributed by atoms with E-state index in [1.54, 1.807) is 13.8 Å². The summed E-state index contributed by atoms with van der Waals surface area (Å²) in [6, 6.07) is 0. The molecule has 0 atom stereocenters. The zero-order valence-electron chi connectivity index (χ0n) is 5.05. The van der Waals surface area contributed by atoms with Crippen molar-refractivity contribution in [2.45, 2.75) is 19.4 Å². The fourth-order valence-corrected chi connectivity index (χ4v) is 0.998. The van der Waals surface area contributed by atoms with Gasteiger partial charge in [0.2, 0.25) is 0 Å². The van der Waals surface area contributed by atoms with E-state index in [0.717, 1.165) is 0 Å². The molecule has 4 heteroatoms. The molecule has 0 aromatic carbocycles. The lowest BCUT2D eigenvalue weighted by Crippen LogP contribution is -2.36. The molecule has 0 fully saturated rings. The van der Waals surface area contributed by atoms with E-state index in [-0.39, 0.29) is 5.75 Å². The van der Waals surface area contributed by atoms with Gasteiger partial charge in [-0.3, -0.25) is 0 Å². The van der Waals surface area contributed by atoms with Crippen LogP contribution in [0.2, 0.25) is 0 Å². The van der Waals surface area contributed by atoms with Crippen LogP contribution in [0.1, 0.15) is 13.8 Å². The van der Waals surface area contributed by atoms with Crippen molar-refractivity contribution in [1.82, 2.24) is 0 Å². The Kier molecular flexibility index (Phi) is 2.43. The first kappa shape index (κ1) is 7.91.